The summed E-state index contributed by atoms with van der Waals surface area (Å²) in [6, 6.07) is 3.35. The van der Waals surface area contributed by atoms with E-state index in [4.69, 9.17) is 0 Å². The zero-order valence-electron chi connectivity index (χ0n) is 6.67. The minimum atomic E-state index is -0.772. The average molecular weight is 319 g/mol. The third-order valence-corrected chi connectivity index (χ3v) is 3.55. The number of hydrogen-bond donors (Lipinski definition) is 1. The number of rotatable bonds is 0. The van der Waals surface area contributed by atoms with Crippen molar-refractivity contribution in [1.29, 1.82) is 0 Å². The molecule has 0 atom stereocenters. The highest BCUT2D eigenvalue weighted by atomic mass is 79.9. The molecule has 0 spiro atoms. The molecule has 1 radical (unpaired) electrons. The molecule has 0 aliphatic carbocycles. The summed E-state index contributed by atoms with van der Waals surface area (Å²) >= 11 is 6.56. The Kier molecular flexibility index (Phi) is 2.32. The zero-order chi connectivity index (χ0) is 10.3. The van der Waals surface area contributed by atoms with Crippen LogP contribution >= 0.6 is 31.9 Å². The lowest BCUT2D eigenvalue weighted by atomic mass is 10.2. The van der Waals surface area contributed by atoms with Gasteiger partial charge in [0.15, 0.2) is 0 Å². The van der Waals surface area contributed by atoms with E-state index < -0.39 is 11.8 Å². The van der Waals surface area contributed by atoms with E-state index in [1.54, 1.807) is 12.1 Å². The summed E-state index contributed by atoms with van der Waals surface area (Å²) in [5.41, 5.74) is 0.995. The van der Waals surface area contributed by atoms with Gasteiger partial charge in [0.25, 0.3) is 0 Å². The molecule has 0 fully saturated rings. The van der Waals surface area contributed by atoms with Crippen molar-refractivity contribution >= 4 is 55.0 Å². The van der Waals surface area contributed by atoms with Crippen LogP contribution < -0.4 is 10.6 Å². The van der Waals surface area contributed by atoms with Crippen molar-refractivity contribution in [2.45, 2.75) is 0 Å². The van der Waals surface area contributed by atoms with Gasteiger partial charge in [0.05, 0.1) is 11.4 Å². The molecule has 0 aromatic heterocycles. The number of amides is 2. The van der Waals surface area contributed by atoms with Crippen molar-refractivity contribution in [2.24, 2.45) is 0 Å². The Balaban J connectivity index is 2.53. The standard InChI is InChI=1S/C8H3Br2N2O2/c9-3-1-5-6(2-4(3)10)12-8(14)7(13)11-5/h1-2H,(H,11,13). The van der Waals surface area contributed by atoms with Crippen LogP contribution in [0.3, 0.4) is 0 Å². The molecule has 0 unspecified atom stereocenters. The molecular formula is C8H3Br2N2O2. The van der Waals surface area contributed by atoms with E-state index in [0.717, 1.165) is 8.95 Å². The first-order chi connectivity index (χ1) is 6.58. The van der Waals surface area contributed by atoms with Gasteiger partial charge in [-0.3, -0.25) is 9.59 Å². The number of carbonyl (C=O) groups is 2. The highest BCUT2D eigenvalue weighted by molar-refractivity contribution is 9.13. The second-order valence-corrected chi connectivity index (χ2v) is 4.36. The first-order valence-electron chi connectivity index (χ1n) is 3.64. The van der Waals surface area contributed by atoms with Crippen LogP contribution in [0, 0.1) is 0 Å². The number of carbonyl (C=O) groups excluding carboxylic acids is 2. The molecule has 71 valence electrons. The highest BCUT2D eigenvalue weighted by Gasteiger charge is 2.25. The maximum Gasteiger partial charge on any atom is 0.335 e. The van der Waals surface area contributed by atoms with Gasteiger partial charge >= 0.3 is 11.8 Å². The van der Waals surface area contributed by atoms with Crippen molar-refractivity contribution in [3.8, 4) is 0 Å². The summed E-state index contributed by atoms with van der Waals surface area (Å²) in [4.78, 5) is 21.9. The van der Waals surface area contributed by atoms with E-state index >= 15 is 0 Å². The second kappa shape index (κ2) is 3.36. The van der Waals surface area contributed by atoms with Gasteiger partial charge < -0.3 is 5.32 Å². The first-order valence-corrected chi connectivity index (χ1v) is 5.22. The molecule has 1 aliphatic heterocycles. The van der Waals surface area contributed by atoms with Crippen LogP contribution in [0.4, 0.5) is 11.4 Å². The second-order valence-electron chi connectivity index (χ2n) is 2.65. The number of nitrogens with one attached hydrogen (secondary N) is 1. The molecule has 1 aliphatic rings. The van der Waals surface area contributed by atoms with Crippen LogP contribution in [-0.4, -0.2) is 11.8 Å². The number of hydrogen-bond acceptors (Lipinski definition) is 2. The van der Waals surface area contributed by atoms with Crippen molar-refractivity contribution in [2.75, 3.05) is 5.32 Å². The van der Waals surface area contributed by atoms with Crippen LogP contribution in [0.25, 0.3) is 0 Å². The SMILES string of the molecule is O=C1[N]c2cc(Br)c(Br)cc2NC1=O. The molecular weight excluding hydrogens is 316 g/mol. The Morgan fingerprint density at radius 3 is 2.50 bits per heavy atom. The van der Waals surface area contributed by atoms with Crippen LogP contribution in [0.1, 0.15) is 0 Å². The predicted octanol–water partition coefficient (Wildman–Crippen LogP) is 1.93. The van der Waals surface area contributed by atoms with E-state index in [1.807, 2.05) is 0 Å². The van der Waals surface area contributed by atoms with Crippen LogP contribution in [0.15, 0.2) is 21.1 Å². The molecule has 1 N–H and O–H groups in total. The lowest BCUT2D eigenvalue weighted by Gasteiger charge is -2.15. The van der Waals surface area contributed by atoms with E-state index in [-0.39, 0.29) is 0 Å². The van der Waals surface area contributed by atoms with E-state index in [9.17, 15) is 9.59 Å². The van der Waals surface area contributed by atoms with Gasteiger partial charge in [0.2, 0.25) is 0 Å². The molecule has 4 nitrogen and oxygen atoms in total. The summed E-state index contributed by atoms with van der Waals surface area (Å²) in [5.74, 6) is -1.47. The molecule has 0 bridgehead atoms. The molecule has 14 heavy (non-hydrogen) atoms. The van der Waals surface area contributed by atoms with Crippen LogP contribution in [-0.2, 0) is 9.59 Å². The molecule has 1 aromatic rings. The number of benzene rings is 1. The lowest BCUT2D eigenvalue weighted by molar-refractivity contribution is -0.135. The molecule has 2 rings (SSSR count). The van der Waals surface area contributed by atoms with Gasteiger partial charge in [-0.1, -0.05) is 0 Å². The summed E-state index contributed by atoms with van der Waals surface area (Å²) in [6.07, 6.45) is 0. The van der Waals surface area contributed by atoms with Gasteiger partial charge in [-0.2, -0.15) is 0 Å². The molecule has 0 saturated heterocycles. The number of fused-ring (bicyclic) bond motifs is 1. The van der Waals surface area contributed by atoms with E-state index in [0.29, 0.717) is 11.4 Å². The summed E-state index contributed by atoms with van der Waals surface area (Å²) in [6.45, 7) is 0. The van der Waals surface area contributed by atoms with Crippen LogP contribution in [0.5, 0.6) is 0 Å². The number of anilines is 1. The Labute approximate surface area is 96.3 Å². The minimum Gasteiger partial charge on any atom is -0.316 e. The maximum absolute atomic E-state index is 11.0. The van der Waals surface area contributed by atoms with Crippen molar-refractivity contribution in [3.63, 3.8) is 0 Å². The quantitative estimate of drug-likeness (QED) is 0.743. The fraction of sp³-hybridized carbons (Fsp3) is 0. The Bertz CT molecular complexity index is 404. The van der Waals surface area contributed by atoms with Gasteiger partial charge in [0, 0.05) is 8.95 Å². The Morgan fingerprint density at radius 1 is 1.14 bits per heavy atom. The monoisotopic (exact) mass is 317 g/mol. The summed E-state index contributed by atoms with van der Waals surface area (Å²) in [7, 11) is 0. The first kappa shape index (κ1) is 9.67. The normalized spacial score (nSPS) is 14.4. The average Bonchev–Trinajstić information content (AvgIpc) is 2.11. The summed E-state index contributed by atoms with van der Waals surface area (Å²) in [5, 5.41) is 6.07. The summed E-state index contributed by atoms with van der Waals surface area (Å²) < 4.78 is 1.57. The number of halogens is 2. The van der Waals surface area contributed by atoms with Crippen molar-refractivity contribution in [1.82, 2.24) is 5.32 Å². The van der Waals surface area contributed by atoms with Gasteiger partial charge in [-0.25, -0.2) is 5.32 Å². The highest BCUT2D eigenvalue weighted by Crippen LogP contribution is 2.34. The topological polar surface area (TPSA) is 60.3 Å². The minimum absolute atomic E-state index is 0.463. The number of nitrogens with zero attached hydrogens (tertiary/aromatic N) is 1. The fourth-order valence-corrected chi connectivity index (χ4v) is 1.74. The molecule has 1 aromatic carbocycles. The Hall–Kier alpha value is -0.880. The largest absolute Gasteiger partial charge is 0.335 e. The third-order valence-electron chi connectivity index (χ3n) is 1.70. The molecule has 6 heteroatoms. The Morgan fingerprint density at radius 2 is 1.79 bits per heavy atom. The van der Waals surface area contributed by atoms with Gasteiger partial charge in [-0.05, 0) is 44.0 Å². The smallest absolute Gasteiger partial charge is 0.316 e. The van der Waals surface area contributed by atoms with E-state index in [1.165, 1.54) is 0 Å². The van der Waals surface area contributed by atoms with Crippen molar-refractivity contribution < 1.29 is 9.59 Å². The fourth-order valence-electron chi connectivity index (χ4n) is 1.06. The van der Waals surface area contributed by atoms with Crippen molar-refractivity contribution in [3.05, 3.63) is 21.1 Å². The molecule has 1 heterocycles. The molecule has 0 saturated carbocycles. The lowest BCUT2D eigenvalue weighted by Crippen LogP contribution is -2.33. The predicted molar refractivity (Wildman–Crippen MR) is 57.3 cm³/mol. The third kappa shape index (κ3) is 1.55. The zero-order valence-corrected chi connectivity index (χ0v) is 9.85. The molecule has 2 amide bonds. The maximum atomic E-state index is 11.0. The van der Waals surface area contributed by atoms with Crippen LogP contribution in [0.2, 0.25) is 0 Å². The van der Waals surface area contributed by atoms with Gasteiger partial charge in [-0.15, -0.1) is 0 Å². The van der Waals surface area contributed by atoms with E-state index in [2.05, 4.69) is 42.5 Å². The van der Waals surface area contributed by atoms with Gasteiger partial charge in [0.1, 0.15) is 0 Å².